The summed E-state index contributed by atoms with van der Waals surface area (Å²) in [7, 11) is -3.66. The number of alkyl halides is 3. The first-order valence-corrected chi connectivity index (χ1v) is 19.3. The fourth-order valence-corrected chi connectivity index (χ4v) is 7.87. The second kappa shape index (κ2) is 15.4. The number of fused-ring (bicyclic) bond motifs is 3. The molecule has 18 heteroatoms. The number of hydrogen-bond acceptors (Lipinski definition) is 13. The molecule has 4 aromatic rings. The Hall–Kier alpha value is -3.97. The molecule has 13 nitrogen and oxygen atoms in total. The molecule has 2 aromatic carbocycles. The molecule has 2 aromatic heterocycles. The second-order valence-electron chi connectivity index (χ2n) is 14.0. The normalized spacial score (nSPS) is 21.0. The zero-order valence-corrected chi connectivity index (χ0v) is 31.2. The highest BCUT2D eigenvalue weighted by Crippen LogP contribution is 2.41. The number of piperidine rings is 1. The standard InChI is InChI=1S/C23H25F3N4O5S.C12H16O4S/c1-22(2,3)35-21(32)30-12-8-13(30)10-29(9-12)20-28-17-15(33-11-16(31)23(24,25)26)5-4-14(18(17)34-20)19-27-6-7-36-19;1-10-4-6-12(7-5-10)17(13,14)16-11-3-2-8-15-9-11/h4-7,12-13,16,31H,8-11H2,1-3H3;4-7,11H,2-3,8-9H2,1H3. The van der Waals surface area contributed by atoms with Crippen molar-refractivity contribution in [2.24, 2.45) is 0 Å². The van der Waals surface area contributed by atoms with Gasteiger partial charge in [0.15, 0.2) is 17.2 Å². The molecule has 4 atom stereocenters. The lowest BCUT2D eigenvalue weighted by molar-refractivity contribution is -0.210. The summed E-state index contributed by atoms with van der Waals surface area (Å²) in [5.41, 5.74) is 1.60. The zero-order valence-electron chi connectivity index (χ0n) is 29.5. The second-order valence-corrected chi connectivity index (χ2v) is 16.5. The number of carbonyl (C=O) groups excluding carboxylic acids is 1. The average molecular weight is 783 g/mol. The van der Waals surface area contributed by atoms with Crippen LogP contribution in [0.4, 0.5) is 24.0 Å². The van der Waals surface area contributed by atoms with Gasteiger partial charge in [-0.25, -0.2) is 9.78 Å². The minimum Gasteiger partial charge on any atom is -0.488 e. The average Bonchev–Trinajstić information content (AvgIpc) is 3.78. The molecule has 0 spiro atoms. The first-order valence-electron chi connectivity index (χ1n) is 17.0. The largest absolute Gasteiger partial charge is 0.488 e. The van der Waals surface area contributed by atoms with Crippen molar-refractivity contribution < 1.29 is 54.3 Å². The Morgan fingerprint density at radius 1 is 1.11 bits per heavy atom. The van der Waals surface area contributed by atoms with E-state index in [1.165, 1.54) is 17.4 Å². The molecular formula is C35H41F3N4O9S2. The van der Waals surface area contributed by atoms with E-state index in [1.807, 2.05) is 32.6 Å². The van der Waals surface area contributed by atoms with Crippen LogP contribution in [0.3, 0.4) is 0 Å². The van der Waals surface area contributed by atoms with Crippen LogP contribution in [0.2, 0.25) is 0 Å². The van der Waals surface area contributed by atoms with Crippen molar-refractivity contribution in [3.05, 3.63) is 53.5 Å². The van der Waals surface area contributed by atoms with Gasteiger partial charge in [0, 0.05) is 31.3 Å². The van der Waals surface area contributed by atoms with Crippen molar-refractivity contribution in [2.45, 2.75) is 87.9 Å². The summed E-state index contributed by atoms with van der Waals surface area (Å²) in [6.07, 6.45) is -4.10. The van der Waals surface area contributed by atoms with Gasteiger partial charge < -0.3 is 28.6 Å². The maximum Gasteiger partial charge on any atom is 0.417 e. The van der Waals surface area contributed by atoms with Gasteiger partial charge in [-0.05, 0) is 71.2 Å². The van der Waals surface area contributed by atoms with Crippen LogP contribution in [-0.4, -0.2) is 103 Å². The number of aryl methyl sites for hydroxylation is 1. The molecule has 8 rings (SSSR count). The number of aromatic nitrogens is 2. The molecule has 53 heavy (non-hydrogen) atoms. The number of halogens is 3. The number of aliphatic hydroxyl groups is 1. The summed E-state index contributed by atoms with van der Waals surface area (Å²) >= 11 is 1.38. The van der Waals surface area contributed by atoms with Crippen LogP contribution in [0.1, 0.15) is 45.6 Å². The van der Waals surface area contributed by atoms with E-state index in [0.29, 0.717) is 42.5 Å². The Morgan fingerprint density at radius 2 is 1.83 bits per heavy atom. The molecule has 4 aliphatic rings. The Morgan fingerprint density at radius 3 is 2.43 bits per heavy atom. The van der Waals surface area contributed by atoms with Gasteiger partial charge in [-0.1, -0.05) is 17.7 Å². The predicted octanol–water partition coefficient (Wildman–Crippen LogP) is 6.33. The summed E-state index contributed by atoms with van der Waals surface area (Å²) in [5, 5.41) is 11.8. The lowest BCUT2D eigenvalue weighted by Gasteiger charge is -2.55. The summed E-state index contributed by atoms with van der Waals surface area (Å²) in [5.74, 6) is 0.0566. The van der Waals surface area contributed by atoms with Crippen LogP contribution in [-0.2, 0) is 23.8 Å². The molecule has 4 aliphatic heterocycles. The third-order valence-electron chi connectivity index (χ3n) is 8.69. The maximum atomic E-state index is 12.8. The minimum atomic E-state index is -4.80. The Balaban J connectivity index is 0.000000236. The van der Waals surface area contributed by atoms with Gasteiger partial charge in [-0.3, -0.25) is 9.08 Å². The van der Waals surface area contributed by atoms with E-state index >= 15 is 0 Å². The van der Waals surface area contributed by atoms with E-state index in [9.17, 15) is 31.5 Å². The topological polar surface area (TPSA) is 154 Å². The summed E-state index contributed by atoms with van der Waals surface area (Å²) in [6.45, 7) is 8.36. The number of hydrogen-bond donors (Lipinski definition) is 1. The number of piperazine rings is 1. The SMILES string of the molecule is CC(C)(C)OC(=O)N1C2CC1CN(c1nc3c(OCC(O)C(F)(F)F)ccc(-c4nccs4)c3o1)C2.Cc1ccc(S(=O)(=O)OC2CCCOC2)cc1. The van der Waals surface area contributed by atoms with Crippen molar-refractivity contribution in [3.63, 3.8) is 0 Å². The van der Waals surface area contributed by atoms with Crippen LogP contribution in [0, 0.1) is 6.92 Å². The lowest BCUT2D eigenvalue weighted by Crippen LogP contribution is -2.70. The predicted molar refractivity (Wildman–Crippen MR) is 188 cm³/mol. The zero-order chi connectivity index (χ0) is 38.1. The van der Waals surface area contributed by atoms with E-state index in [2.05, 4.69) is 9.97 Å². The first-order chi connectivity index (χ1) is 25.0. The molecule has 2 bridgehead atoms. The van der Waals surface area contributed by atoms with Crippen LogP contribution in [0.25, 0.3) is 21.7 Å². The number of benzene rings is 2. The van der Waals surface area contributed by atoms with Gasteiger partial charge >= 0.3 is 12.3 Å². The van der Waals surface area contributed by atoms with Crippen molar-refractivity contribution >= 4 is 44.7 Å². The number of amides is 1. The third kappa shape index (κ3) is 9.23. The van der Waals surface area contributed by atoms with Gasteiger partial charge in [-0.2, -0.15) is 26.6 Å². The first kappa shape index (κ1) is 38.7. The molecular weight excluding hydrogens is 742 g/mol. The van der Waals surface area contributed by atoms with Gasteiger partial charge in [0.25, 0.3) is 16.1 Å². The molecule has 0 saturated carbocycles. The lowest BCUT2D eigenvalue weighted by atomic mass is 9.88. The molecule has 288 valence electrons. The Bertz CT molecular complexity index is 1970. The summed E-state index contributed by atoms with van der Waals surface area (Å²) in [6, 6.07) is 9.92. The van der Waals surface area contributed by atoms with Crippen LogP contribution < -0.4 is 9.64 Å². The molecule has 0 radical (unpaired) electrons. The Labute approximate surface area is 308 Å². The highest BCUT2D eigenvalue weighted by molar-refractivity contribution is 7.86. The number of aliphatic hydroxyl groups excluding tert-OH is 1. The van der Waals surface area contributed by atoms with E-state index in [1.54, 1.807) is 46.8 Å². The molecule has 0 aliphatic carbocycles. The van der Waals surface area contributed by atoms with Crippen LogP contribution >= 0.6 is 11.3 Å². The number of nitrogens with zero attached hydrogens (tertiary/aromatic N) is 4. The molecule has 1 N–H and O–H groups in total. The van der Waals surface area contributed by atoms with Gasteiger partial charge in [0.05, 0.1) is 29.1 Å². The van der Waals surface area contributed by atoms with E-state index in [-0.39, 0.29) is 46.5 Å². The fraction of sp³-hybridized carbons (Fsp3) is 0.514. The Kier molecular flexibility index (Phi) is 11.3. The number of ether oxygens (including phenoxy) is 3. The van der Waals surface area contributed by atoms with Crippen molar-refractivity contribution in [1.29, 1.82) is 0 Å². The number of oxazole rings is 1. The smallest absolute Gasteiger partial charge is 0.417 e. The molecule has 4 fully saturated rings. The molecule has 6 heterocycles. The number of anilines is 1. The highest BCUT2D eigenvalue weighted by atomic mass is 32.2. The molecule has 1 amide bonds. The van der Waals surface area contributed by atoms with E-state index in [4.69, 9.17) is 22.8 Å². The third-order valence-corrected chi connectivity index (χ3v) is 10.9. The quantitative estimate of drug-likeness (QED) is 0.199. The summed E-state index contributed by atoms with van der Waals surface area (Å²) in [4.78, 5) is 25.3. The number of carbonyl (C=O) groups is 1. The summed E-state index contributed by atoms with van der Waals surface area (Å²) < 4.78 is 89.4. The van der Waals surface area contributed by atoms with Gasteiger partial charge in [0.2, 0.25) is 0 Å². The number of rotatable bonds is 8. The fourth-order valence-electron chi connectivity index (χ4n) is 6.12. The van der Waals surface area contributed by atoms with Crippen molar-refractivity contribution in [1.82, 2.24) is 14.9 Å². The minimum absolute atomic E-state index is 0.0566. The van der Waals surface area contributed by atoms with Gasteiger partial charge in [-0.15, -0.1) is 11.3 Å². The monoisotopic (exact) mass is 782 g/mol. The van der Waals surface area contributed by atoms with E-state index in [0.717, 1.165) is 24.8 Å². The van der Waals surface area contributed by atoms with E-state index < -0.39 is 34.6 Å². The molecule has 4 unspecified atom stereocenters. The van der Waals surface area contributed by atoms with Crippen molar-refractivity contribution in [3.8, 4) is 16.3 Å². The maximum absolute atomic E-state index is 12.8. The highest BCUT2D eigenvalue weighted by Gasteiger charge is 2.50. The molecule has 4 saturated heterocycles. The van der Waals surface area contributed by atoms with Crippen molar-refractivity contribution in [2.75, 3.05) is 37.8 Å². The van der Waals surface area contributed by atoms with Crippen LogP contribution in [0.5, 0.6) is 5.75 Å². The van der Waals surface area contributed by atoms with Gasteiger partial charge in [0.1, 0.15) is 29.1 Å². The van der Waals surface area contributed by atoms with Crippen LogP contribution in [0.15, 0.2) is 57.3 Å². The number of thiazole rings is 1.